The van der Waals surface area contributed by atoms with E-state index in [1.807, 2.05) is 0 Å². The van der Waals surface area contributed by atoms with Gasteiger partial charge >= 0.3 is 5.97 Å². The Morgan fingerprint density at radius 2 is 1.78 bits per heavy atom. The standard InChI is InChI=1S/C21H24ClN3O6S/c1-13-9-10-15(11-18(13)32(29,30)25(3)4)24-19(26)12-31-21(28)14(2)23-20(27)16-7-5-6-8-17(16)22/h5-11,14H,12H2,1-4H3,(H,23,27)(H,24,26). The molecule has 32 heavy (non-hydrogen) atoms. The molecule has 1 unspecified atom stereocenters. The fourth-order valence-corrected chi connectivity index (χ4v) is 3.96. The Bertz CT molecular complexity index is 1130. The summed E-state index contributed by atoms with van der Waals surface area (Å²) in [5.74, 6) is -2.04. The zero-order chi connectivity index (χ0) is 24.1. The van der Waals surface area contributed by atoms with Crippen molar-refractivity contribution in [2.24, 2.45) is 0 Å². The van der Waals surface area contributed by atoms with Gasteiger partial charge in [-0.25, -0.2) is 17.5 Å². The summed E-state index contributed by atoms with van der Waals surface area (Å²) in [6.07, 6.45) is 0. The van der Waals surface area contributed by atoms with Crippen LogP contribution in [0.1, 0.15) is 22.8 Å². The van der Waals surface area contributed by atoms with E-state index in [0.717, 1.165) is 4.31 Å². The summed E-state index contributed by atoms with van der Waals surface area (Å²) in [5, 5.41) is 5.17. The number of amides is 2. The Morgan fingerprint density at radius 3 is 2.41 bits per heavy atom. The number of ether oxygens (including phenoxy) is 1. The second-order valence-electron chi connectivity index (χ2n) is 7.10. The van der Waals surface area contributed by atoms with Crippen molar-refractivity contribution in [1.29, 1.82) is 0 Å². The third-order valence-electron chi connectivity index (χ3n) is 4.40. The van der Waals surface area contributed by atoms with Crippen molar-refractivity contribution in [2.75, 3.05) is 26.0 Å². The number of nitrogens with zero attached hydrogens (tertiary/aromatic N) is 1. The first kappa shape index (κ1) is 25.3. The number of anilines is 1. The number of nitrogens with one attached hydrogen (secondary N) is 2. The number of sulfonamides is 1. The minimum absolute atomic E-state index is 0.0493. The maximum atomic E-state index is 12.4. The Hall–Kier alpha value is -2.95. The molecule has 0 spiro atoms. The molecule has 0 aliphatic carbocycles. The maximum Gasteiger partial charge on any atom is 0.328 e. The molecule has 2 aromatic carbocycles. The molecule has 2 amide bonds. The van der Waals surface area contributed by atoms with Crippen molar-refractivity contribution >= 4 is 45.1 Å². The molecule has 2 aromatic rings. The predicted molar refractivity (Wildman–Crippen MR) is 120 cm³/mol. The number of hydrogen-bond donors (Lipinski definition) is 2. The van der Waals surface area contributed by atoms with Crippen LogP contribution < -0.4 is 10.6 Å². The van der Waals surface area contributed by atoms with Crippen molar-refractivity contribution in [3.63, 3.8) is 0 Å². The second kappa shape index (κ2) is 10.6. The summed E-state index contributed by atoms with van der Waals surface area (Å²) in [6.45, 7) is 2.43. The molecule has 11 heteroatoms. The molecule has 0 bridgehead atoms. The zero-order valence-electron chi connectivity index (χ0n) is 18.0. The Kier molecular flexibility index (Phi) is 8.37. The Labute approximate surface area is 191 Å². The topological polar surface area (TPSA) is 122 Å². The lowest BCUT2D eigenvalue weighted by molar-refractivity contribution is -0.148. The minimum Gasteiger partial charge on any atom is -0.454 e. The van der Waals surface area contributed by atoms with Crippen molar-refractivity contribution in [3.05, 3.63) is 58.6 Å². The number of halogens is 1. The first-order valence-electron chi connectivity index (χ1n) is 9.48. The highest BCUT2D eigenvalue weighted by molar-refractivity contribution is 7.89. The van der Waals surface area contributed by atoms with Crippen LogP contribution >= 0.6 is 11.6 Å². The average molecular weight is 482 g/mol. The maximum absolute atomic E-state index is 12.4. The largest absolute Gasteiger partial charge is 0.454 e. The van der Waals surface area contributed by atoms with Crippen LogP contribution in [0.25, 0.3) is 0 Å². The monoisotopic (exact) mass is 481 g/mol. The van der Waals surface area contributed by atoms with E-state index in [0.29, 0.717) is 5.56 Å². The minimum atomic E-state index is -3.69. The molecule has 0 saturated heterocycles. The molecule has 0 aromatic heterocycles. The van der Waals surface area contributed by atoms with E-state index in [4.69, 9.17) is 16.3 Å². The molecule has 9 nitrogen and oxygen atoms in total. The summed E-state index contributed by atoms with van der Waals surface area (Å²) in [5.41, 5.74) is 0.956. The number of aryl methyl sites for hydroxylation is 1. The molecule has 172 valence electrons. The lowest BCUT2D eigenvalue weighted by Gasteiger charge is -2.16. The Balaban J connectivity index is 1.95. The first-order valence-corrected chi connectivity index (χ1v) is 11.3. The molecule has 0 aliphatic heterocycles. The summed E-state index contributed by atoms with van der Waals surface area (Å²) in [4.78, 5) is 36.5. The van der Waals surface area contributed by atoms with Crippen LogP contribution in [-0.4, -0.2) is 57.3 Å². The van der Waals surface area contributed by atoms with Gasteiger partial charge in [0, 0.05) is 19.8 Å². The molecule has 0 fully saturated rings. The van der Waals surface area contributed by atoms with E-state index in [2.05, 4.69) is 10.6 Å². The van der Waals surface area contributed by atoms with E-state index >= 15 is 0 Å². The van der Waals surface area contributed by atoms with E-state index in [1.165, 1.54) is 39.2 Å². The van der Waals surface area contributed by atoms with Crippen LogP contribution in [0.15, 0.2) is 47.4 Å². The quantitative estimate of drug-likeness (QED) is 0.557. The fraction of sp³-hybridized carbons (Fsp3) is 0.286. The number of esters is 1. The van der Waals surface area contributed by atoms with Crippen LogP contribution in [0.4, 0.5) is 5.69 Å². The number of carbonyl (C=O) groups excluding carboxylic acids is 3. The first-order chi connectivity index (χ1) is 14.9. The van der Waals surface area contributed by atoms with Gasteiger partial charge in [-0.2, -0.15) is 0 Å². The van der Waals surface area contributed by atoms with Gasteiger partial charge in [0.1, 0.15) is 6.04 Å². The highest BCUT2D eigenvalue weighted by atomic mass is 35.5. The fourth-order valence-electron chi connectivity index (χ4n) is 2.59. The molecule has 2 N–H and O–H groups in total. The summed E-state index contributed by atoms with van der Waals surface area (Å²) in [7, 11) is -0.878. The molecule has 1 atom stereocenters. The highest BCUT2D eigenvalue weighted by Crippen LogP contribution is 2.22. The van der Waals surface area contributed by atoms with Crippen LogP contribution in [0.5, 0.6) is 0 Å². The second-order valence-corrected chi connectivity index (χ2v) is 9.63. The van der Waals surface area contributed by atoms with Crippen molar-refractivity contribution in [1.82, 2.24) is 9.62 Å². The van der Waals surface area contributed by atoms with Gasteiger partial charge < -0.3 is 15.4 Å². The summed E-state index contributed by atoms with van der Waals surface area (Å²) < 4.78 is 30.8. The van der Waals surface area contributed by atoms with E-state index in [-0.39, 0.29) is 21.2 Å². The molecule has 0 aliphatic rings. The summed E-state index contributed by atoms with van der Waals surface area (Å²) >= 11 is 5.96. The average Bonchev–Trinajstić information content (AvgIpc) is 2.73. The third kappa shape index (κ3) is 6.28. The SMILES string of the molecule is Cc1ccc(NC(=O)COC(=O)C(C)NC(=O)c2ccccc2Cl)cc1S(=O)(=O)N(C)C. The van der Waals surface area contributed by atoms with Crippen LogP contribution in [0.2, 0.25) is 5.02 Å². The van der Waals surface area contributed by atoms with Gasteiger partial charge in [-0.15, -0.1) is 0 Å². The predicted octanol–water partition coefficient (Wildman–Crippen LogP) is 2.20. The van der Waals surface area contributed by atoms with Crippen LogP contribution in [-0.2, 0) is 24.3 Å². The molecule has 0 radical (unpaired) electrons. The smallest absolute Gasteiger partial charge is 0.328 e. The number of benzene rings is 2. The Morgan fingerprint density at radius 1 is 1.12 bits per heavy atom. The summed E-state index contributed by atoms with van der Waals surface area (Å²) in [6, 6.07) is 9.76. The number of rotatable bonds is 8. The van der Waals surface area contributed by atoms with E-state index in [1.54, 1.807) is 31.2 Å². The molecule has 0 heterocycles. The van der Waals surface area contributed by atoms with Crippen molar-refractivity contribution in [2.45, 2.75) is 24.8 Å². The highest BCUT2D eigenvalue weighted by Gasteiger charge is 2.22. The van der Waals surface area contributed by atoms with Gasteiger partial charge in [0.05, 0.1) is 15.5 Å². The third-order valence-corrected chi connectivity index (χ3v) is 6.68. The zero-order valence-corrected chi connectivity index (χ0v) is 19.6. The van der Waals surface area contributed by atoms with E-state index in [9.17, 15) is 22.8 Å². The molecular formula is C21H24ClN3O6S. The van der Waals surface area contributed by atoms with Gasteiger partial charge in [0.25, 0.3) is 11.8 Å². The molecular weight excluding hydrogens is 458 g/mol. The van der Waals surface area contributed by atoms with Gasteiger partial charge in [-0.05, 0) is 43.7 Å². The molecule has 2 rings (SSSR count). The van der Waals surface area contributed by atoms with Gasteiger partial charge in [-0.1, -0.05) is 29.8 Å². The normalized spacial score (nSPS) is 12.2. The van der Waals surface area contributed by atoms with E-state index < -0.39 is 40.5 Å². The van der Waals surface area contributed by atoms with Crippen molar-refractivity contribution in [3.8, 4) is 0 Å². The van der Waals surface area contributed by atoms with Gasteiger partial charge in [-0.3, -0.25) is 9.59 Å². The van der Waals surface area contributed by atoms with Gasteiger partial charge in [0.2, 0.25) is 10.0 Å². The van der Waals surface area contributed by atoms with Crippen LogP contribution in [0, 0.1) is 6.92 Å². The number of carbonyl (C=O) groups is 3. The number of hydrogen-bond acceptors (Lipinski definition) is 6. The van der Waals surface area contributed by atoms with Crippen LogP contribution in [0.3, 0.4) is 0 Å². The molecule has 0 saturated carbocycles. The van der Waals surface area contributed by atoms with Crippen molar-refractivity contribution < 1.29 is 27.5 Å². The lowest BCUT2D eigenvalue weighted by atomic mass is 10.2. The van der Waals surface area contributed by atoms with Gasteiger partial charge in [0.15, 0.2) is 6.61 Å². The lowest BCUT2D eigenvalue weighted by Crippen LogP contribution is -2.40.